The van der Waals surface area contributed by atoms with E-state index in [1.54, 1.807) is 11.9 Å². The molecule has 0 aliphatic heterocycles. The molecule has 15 heavy (non-hydrogen) atoms. The predicted octanol–water partition coefficient (Wildman–Crippen LogP) is 1.20. The maximum absolute atomic E-state index is 11.4. The summed E-state index contributed by atoms with van der Waals surface area (Å²) in [6.07, 6.45) is 3.69. The number of carbonyl (C=O) groups excluding carboxylic acids is 1. The van der Waals surface area contributed by atoms with E-state index >= 15 is 0 Å². The molecule has 1 fully saturated rings. The van der Waals surface area contributed by atoms with Crippen LogP contribution in [0.5, 0.6) is 0 Å². The molecule has 4 nitrogen and oxygen atoms in total. The lowest BCUT2D eigenvalue weighted by atomic mass is 9.87. The molecule has 0 saturated heterocycles. The molecule has 0 heterocycles. The van der Waals surface area contributed by atoms with Gasteiger partial charge in [-0.3, -0.25) is 0 Å². The van der Waals surface area contributed by atoms with Crippen molar-refractivity contribution in [3.63, 3.8) is 0 Å². The summed E-state index contributed by atoms with van der Waals surface area (Å²) in [6, 6.07) is 0.00335. The lowest BCUT2D eigenvalue weighted by Crippen LogP contribution is -2.40. The van der Waals surface area contributed by atoms with Crippen molar-refractivity contribution in [3.8, 4) is 0 Å². The Morgan fingerprint density at radius 1 is 1.40 bits per heavy atom. The number of hydrogen-bond donors (Lipinski definition) is 2. The Kier molecular flexibility index (Phi) is 4.88. The Labute approximate surface area is 91.6 Å². The number of urea groups is 1. The number of amides is 2. The molecule has 4 heteroatoms. The van der Waals surface area contributed by atoms with Crippen LogP contribution < -0.4 is 5.32 Å². The van der Waals surface area contributed by atoms with Crippen LogP contribution in [-0.2, 0) is 0 Å². The highest BCUT2D eigenvalue weighted by Gasteiger charge is 2.19. The molecule has 1 rings (SSSR count). The second-order valence-electron chi connectivity index (χ2n) is 4.37. The molecule has 0 atom stereocenters. The van der Waals surface area contributed by atoms with Gasteiger partial charge in [0.15, 0.2) is 0 Å². The lowest BCUT2D eigenvalue weighted by molar-refractivity contribution is 0.108. The summed E-state index contributed by atoms with van der Waals surface area (Å²) in [5.74, 6) is 0.544. The van der Waals surface area contributed by atoms with Gasteiger partial charge in [0, 0.05) is 20.1 Å². The third-order valence-corrected chi connectivity index (χ3v) is 3.18. The number of rotatable bonds is 3. The Balaban J connectivity index is 2.17. The van der Waals surface area contributed by atoms with Crippen LogP contribution in [0, 0.1) is 5.92 Å². The second-order valence-corrected chi connectivity index (χ2v) is 4.37. The fourth-order valence-electron chi connectivity index (χ4n) is 1.86. The van der Waals surface area contributed by atoms with Crippen LogP contribution in [0.2, 0.25) is 0 Å². The van der Waals surface area contributed by atoms with Crippen LogP contribution in [0.15, 0.2) is 0 Å². The zero-order valence-electron chi connectivity index (χ0n) is 9.70. The summed E-state index contributed by atoms with van der Waals surface area (Å²) >= 11 is 0. The minimum absolute atomic E-state index is 0.00335. The zero-order valence-corrected chi connectivity index (χ0v) is 9.70. The van der Waals surface area contributed by atoms with Crippen LogP contribution in [0.25, 0.3) is 0 Å². The number of hydrogen-bond acceptors (Lipinski definition) is 2. The van der Waals surface area contributed by atoms with E-state index in [1.807, 2.05) is 6.92 Å². The SMILES string of the molecule is CCN(C)C(=O)NCC1CCC(O)CC1. The maximum atomic E-state index is 11.4. The highest BCUT2D eigenvalue weighted by Crippen LogP contribution is 2.23. The van der Waals surface area contributed by atoms with Crippen molar-refractivity contribution in [3.05, 3.63) is 0 Å². The number of carbonyl (C=O) groups is 1. The average Bonchev–Trinajstić information content (AvgIpc) is 2.26. The fraction of sp³-hybridized carbons (Fsp3) is 0.909. The van der Waals surface area contributed by atoms with Gasteiger partial charge in [0.2, 0.25) is 0 Å². The first-order chi connectivity index (χ1) is 7.13. The van der Waals surface area contributed by atoms with E-state index in [1.165, 1.54) is 0 Å². The minimum Gasteiger partial charge on any atom is -0.393 e. The third-order valence-electron chi connectivity index (χ3n) is 3.18. The van der Waals surface area contributed by atoms with Crippen molar-refractivity contribution in [2.75, 3.05) is 20.1 Å². The van der Waals surface area contributed by atoms with Crippen molar-refractivity contribution in [1.82, 2.24) is 10.2 Å². The molecule has 2 amide bonds. The molecule has 1 aliphatic carbocycles. The molecule has 1 saturated carbocycles. The van der Waals surface area contributed by atoms with Crippen molar-refractivity contribution >= 4 is 6.03 Å². The second kappa shape index (κ2) is 5.95. The highest BCUT2D eigenvalue weighted by atomic mass is 16.3. The molecule has 0 aromatic heterocycles. The van der Waals surface area contributed by atoms with Crippen LogP contribution in [0.1, 0.15) is 32.6 Å². The van der Waals surface area contributed by atoms with Crippen LogP contribution in [0.3, 0.4) is 0 Å². The van der Waals surface area contributed by atoms with Crippen LogP contribution in [0.4, 0.5) is 4.79 Å². The standard InChI is InChI=1S/C11H22N2O2/c1-3-13(2)11(15)12-8-9-4-6-10(14)7-5-9/h9-10,14H,3-8H2,1-2H3,(H,12,15). The molecule has 2 N–H and O–H groups in total. The molecule has 0 aromatic carbocycles. The van der Waals surface area contributed by atoms with Gasteiger partial charge in [-0.15, -0.1) is 0 Å². The summed E-state index contributed by atoms with van der Waals surface area (Å²) in [5, 5.41) is 12.3. The first-order valence-corrected chi connectivity index (χ1v) is 5.80. The minimum atomic E-state index is -0.115. The highest BCUT2D eigenvalue weighted by molar-refractivity contribution is 5.73. The van der Waals surface area contributed by atoms with Gasteiger partial charge >= 0.3 is 6.03 Å². The average molecular weight is 214 g/mol. The van der Waals surface area contributed by atoms with E-state index in [2.05, 4.69) is 5.32 Å². The van der Waals surface area contributed by atoms with Gasteiger partial charge in [-0.05, 0) is 38.5 Å². The largest absolute Gasteiger partial charge is 0.393 e. The number of aliphatic hydroxyl groups is 1. The summed E-state index contributed by atoms with van der Waals surface area (Å²) in [4.78, 5) is 13.1. The summed E-state index contributed by atoms with van der Waals surface area (Å²) in [7, 11) is 1.79. The van der Waals surface area contributed by atoms with Crippen molar-refractivity contribution in [2.45, 2.75) is 38.7 Å². The monoisotopic (exact) mass is 214 g/mol. The van der Waals surface area contributed by atoms with E-state index in [0.29, 0.717) is 5.92 Å². The van der Waals surface area contributed by atoms with Crippen molar-refractivity contribution < 1.29 is 9.90 Å². The van der Waals surface area contributed by atoms with E-state index in [-0.39, 0.29) is 12.1 Å². The maximum Gasteiger partial charge on any atom is 0.317 e. The van der Waals surface area contributed by atoms with Gasteiger partial charge in [-0.2, -0.15) is 0 Å². The van der Waals surface area contributed by atoms with Gasteiger partial charge in [0.1, 0.15) is 0 Å². The quantitative estimate of drug-likeness (QED) is 0.741. The molecular weight excluding hydrogens is 192 g/mol. The molecule has 1 aliphatic rings. The fourth-order valence-corrected chi connectivity index (χ4v) is 1.86. The molecule has 0 bridgehead atoms. The first-order valence-electron chi connectivity index (χ1n) is 5.80. The van der Waals surface area contributed by atoms with Crippen molar-refractivity contribution in [1.29, 1.82) is 0 Å². The summed E-state index contributed by atoms with van der Waals surface area (Å²) < 4.78 is 0. The molecule has 0 unspecified atom stereocenters. The molecule has 0 radical (unpaired) electrons. The smallest absolute Gasteiger partial charge is 0.317 e. The van der Waals surface area contributed by atoms with E-state index in [9.17, 15) is 9.90 Å². The number of nitrogens with one attached hydrogen (secondary N) is 1. The molecule has 88 valence electrons. The van der Waals surface area contributed by atoms with Gasteiger partial charge in [0.05, 0.1) is 6.10 Å². The van der Waals surface area contributed by atoms with Crippen LogP contribution in [-0.4, -0.2) is 42.3 Å². The Morgan fingerprint density at radius 2 is 2.00 bits per heavy atom. The van der Waals surface area contributed by atoms with Gasteiger partial charge in [-0.1, -0.05) is 0 Å². The Morgan fingerprint density at radius 3 is 2.53 bits per heavy atom. The Hall–Kier alpha value is -0.770. The zero-order chi connectivity index (χ0) is 11.3. The number of nitrogens with zero attached hydrogens (tertiary/aromatic N) is 1. The van der Waals surface area contributed by atoms with E-state index in [4.69, 9.17) is 0 Å². The summed E-state index contributed by atoms with van der Waals surface area (Å²) in [6.45, 7) is 3.43. The molecule has 0 aromatic rings. The number of aliphatic hydroxyl groups excluding tert-OH is 1. The van der Waals surface area contributed by atoms with Gasteiger partial charge in [0.25, 0.3) is 0 Å². The Bertz CT molecular complexity index is 201. The van der Waals surface area contributed by atoms with E-state index < -0.39 is 0 Å². The molecular formula is C11H22N2O2. The van der Waals surface area contributed by atoms with E-state index in [0.717, 1.165) is 38.8 Å². The third kappa shape index (κ3) is 4.08. The lowest BCUT2D eigenvalue weighted by Gasteiger charge is -2.26. The normalized spacial score (nSPS) is 26.1. The first kappa shape index (κ1) is 12.3. The predicted molar refractivity (Wildman–Crippen MR) is 59.7 cm³/mol. The topological polar surface area (TPSA) is 52.6 Å². The van der Waals surface area contributed by atoms with Crippen LogP contribution >= 0.6 is 0 Å². The van der Waals surface area contributed by atoms with Gasteiger partial charge < -0.3 is 15.3 Å². The van der Waals surface area contributed by atoms with Crippen molar-refractivity contribution in [2.24, 2.45) is 5.92 Å². The summed E-state index contributed by atoms with van der Waals surface area (Å²) in [5.41, 5.74) is 0. The van der Waals surface area contributed by atoms with Gasteiger partial charge in [-0.25, -0.2) is 4.79 Å². The molecule has 0 spiro atoms.